The lowest BCUT2D eigenvalue weighted by atomic mass is 10.3. The van der Waals surface area contributed by atoms with Crippen molar-refractivity contribution in [2.75, 3.05) is 12.3 Å². The number of thioether (sulfide) groups is 1. The van der Waals surface area contributed by atoms with E-state index in [-0.39, 0.29) is 17.7 Å². The fraction of sp³-hybridized carbons (Fsp3) is 0.714. The second-order valence-electron chi connectivity index (χ2n) is 2.72. The van der Waals surface area contributed by atoms with Crippen LogP contribution in [0.5, 0.6) is 0 Å². The second-order valence-corrected chi connectivity index (χ2v) is 3.76. The van der Waals surface area contributed by atoms with Crippen LogP contribution in [0.3, 0.4) is 0 Å². The minimum atomic E-state index is -0.642. The van der Waals surface area contributed by atoms with Crippen LogP contribution in [0, 0.1) is 0 Å². The average Bonchev–Trinajstić information content (AvgIpc) is 1.97. The van der Waals surface area contributed by atoms with E-state index >= 15 is 0 Å². The largest absolute Gasteiger partial charge is 0.392 e. The average molecular weight is 189 g/mol. The number of nitrogens with zero attached hydrogens (tertiary/aromatic N) is 1. The van der Waals surface area contributed by atoms with Gasteiger partial charge in [0, 0.05) is 12.2 Å². The molecule has 1 unspecified atom stereocenters. The van der Waals surface area contributed by atoms with Crippen molar-refractivity contribution in [3.05, 3.63) is 0 Å². The summed E-state index contributed by atoms with van der Waals surface area (Å²) in [5, 5.41) is 8.74. The number of carbonyl (C=O) groups is 2. The zero-order valence-electron chi connectivity index (χ0n) is 6.82. The van der Waals surface area contributed by atoms with Crippen LogP contribution in [0.25, 0.3) is 0 Å². The Morgan fingerprint density at radius 2 is 2.33 bits per heavy atom. The van der Waals surface area contributed by atoms with Crippen molar-refractivity contribution in [3.63, 3.8) is 0 Å². The number of carbonyl (C=O) groups excluding carboxylic acids is 2. The first kappa shape index (κ1) is 9.54. The van der Waals surface area contributed by atoms with E-state index in [1.807, 2.05) is 0 Å². The fourth-order valence-corrected chi connectivity index (χ4v) is 1.76. The maximum absolute atomic E-state index is 11.1. The summed E-state index contributed by atoms with van der Waals surface area (Å²) in [6.07, 6.45) is -0.250. The molecule has 1 rings (SSSR count). The van der Waals surface area contributed by atoms with Crippen LogP contribution < -0.4 is 0 Å². The Hall–Kier alpha value is -0.550. The van der Waals surface area contributed by atoms with Gasteiger partial charge in [-0.1, -0.05) is 11.8 Å². The number of rotatable bonds is 2. The maximum Gasteiger partial charge on any atom is 0.288 e. The highest BCUT2D eigenvalue weighted by Gasteiger charge is 2.27. The first-order chi connectivity index (χ1) is 5.61. The minimum absolute atomic E-state index is 0.116. The topological polar surface area (TPSA) is 57.6 Å². The predicted molar refractivity (Wildman–Crippen MR) is 45.9 cm³/mol. The van der Waals surface area contributed by atoms with Gasteiger partial charge in [-0.3, -0.25) is 14.5 Å². The molecule has 4 nitrogen and oxygen atoms in total. The molecule has 0 radical (unpaired) electrons. The summed E-state index contributed by atoms with van der Waals surface area (Å²) in [7, 11) is 0. The molecule has 1 aliphatic rings. The van der Waals surface area contributed by atoms with Gasteiger partial charge in [-0.05, 0) is 6.92 Å². The Morgan fingerprint density at radius 3 is 2.83 bits per heavy atom. The van der Waals surface area contributed by atoms with Crippen molar-refractivity contribution >= 4 is 22.9 Å². The fourth-order valence-electron chi connectivity index (χ4n) is 0.981. The summed E-state index contributed by atoms with van der Waals surface area (Å²) in [6, 6.07) is 0. The molecule has 0 saturated carbocycles. The maximum atomic E-state index is 11.1. The molecule has 1 aliphatic heterocycles. The Kier molecular flexibility index (Phi) is 3.11. The lowest BCUT2D eigenvalue weighted by Gasteiger charge is -2.24. The third-order valence-corrected chi connectivity index (χ3v) is 2.39. The molecule has 68 valence electrons. The molecule has 0 aromatic rings. The molecule has 0 bridgehead atoms. The molecule has 0 aromatic carbocycles. The Bertz CT molecular complexity index is 189. The summed E-state index contributed by atoms with van der Waals surface area (Å²) >= 11 is 1.13. The van der Waals surface area contributed by atoms with Gasteiger partial charge in [-0.15, -0.1) is 0 Å². The van der Waals surface area contributed by atoms with Crippen LogP contribution >= 0.6 is 11.8 Å². The molecule has 1 N–H and O–H groups in total. The van der Waals surface area contributed by atoms with Gasteiger partial charge in [0.15, 0.2) is 0 Å². The van der Waals surface area contributed by atoms with E-state index in [2.05, 4.69) is 0 Å². The number of imide groups is 1. The van der Waals surface area contributed by atoms with Crippen molar-refractivity contribution in [3.8, 4) is 0 Å². The van der Waals surface area contributed by atoms with E-state index < -0.39 is 6.10 Å². The van der Waals surface area contributed by atoms with E-state index in [9.17, 15) is 9.59 Å². The van der Waals surface area contributed by atoms with E-state index in [1.54, 1.807) is 6.92 Å². The van der Waals surface area contributed by atoms with Crippen molar-refractivity contribution < 1.29 is 14.7 Å². The first-order valence-corrected chi connectivity index (χ1v) is 4.75. The number of amides is 2. The van der Waals surface area contributed by atoms with Crippen molar-refractivity contribution in [2.45, 2.75) is 19.4 Å². The highest BCUT2D eigenvalue weighted by Crippen LogP contribution is 2.18. The normalized spacial score (nSPS) is 21.3. The van der Waals surface area contributed by atoms with Crippen molar-refractivity contribution in [1.29, 1.82) is 0 Å². The Balaban J connectivity index is 2.57. The Labute approximate surface area is 74.9 Å². The number of hydrogen-bond acceptors (Lipinski definition) is 4. The highest BCUT2D eigenvalue weighted by atomic mass is 32.2. The summed E-state index contributed by atoms with van der Waals surface area (Å²) in [6.45, 7) is 1.67. The third kappa shape index (κ3) is 2.22. The lowest BCUT2D eigenvalue weighted by Crippen LogP contribution is -2.42. The van der Waals surface area contributed by atoms with E-state index in [0.717, 1.165) is 16.7 Å². The second kappa shape index (κ2) is 3.91. The van der Waals surface area contributed by atoms with Crippen LogP contribution in [0.4, 0.5) is 4.79 Å². The SMILES string of the molecule is CC(O)CN1C(=O)CCSC1=O. The van der Waals surface area contributed by atoms with E-state index in [1.165, 1.54) is 0 Å². The van der Waals surface area contributed by atoms with Gasteiger partial charge in [0.1, 0.15) is 0 Å². The molecular formula is C7H11NO3S. The van der Waals surface area contributed by atoms with Gasteiger partial charge in [0.05, 0.1) is 12.6 Å². The predicted octanol–water partition coefficient (Wildman–Crippen LogP) is 0.453. The van der Waals surface area contributed by atoms with Crippen molar-refractivity contribution in [1.82, 2.24) is 4.90 Å². The summed E-state index contributed by atoms with van der Waals surface area (Å²) < 4.78 is 0. The molecule has 0 spiro atoms. The number of aliphatic hydroxyl groups excluding tert-OH is 1. The summed E-state index contributed by atoms with van der Waals surface area (Å²) in [5.41, 5.74) is 0. The zero-order chi connectivity index (χ0) is 9.14. The lowest BCUT2D eigenvalue weighted by molar-refractivity contribution is -0.128. The van der Waals surface area contributed by atoms with Gasteiger partial charge in [0.25, 0.3) is 5.24 Å². The molecule has 0 aromatic heterocycles. The van der Waals surface area contributed by atoms with Gasteiger partial charge < -0.3 is 5.11 Å². The molecule has 12 heavy (non-hydrogen) atoms. The smallest absolute Gasteiger partial charge is 0.288 e. The van der Waals surface area contributed by atoms with Crippen LogP contribution in [-0.2, 0) is 4.79 Å². The zero-order valence-corrected chi connectivity index (χ0v) is 7.63. The van der Waals surface area contributed by atoms with Gasteiger partial charge in [0.2, 0.25) is 5.91 Å². The highest BCUT2D eigenvalue weighted by molar-refractivity contribution is 8.13. The van der Waals surface area contributed by atoms with Gasteiger partial charge >= 0.3 is 0 Å². The molecule has 1 heterocycles. The molecule has 1 atom stereocenters. The minimum Gasteiger partial charge on any atom is -0.392 e. The third-order valence-electron chi connectivity index (χ3n) is 1.51. The molecule has 1 fully saturated rings. The monoisotopic (exact) mass is 189 g/mol. The molecular weight excluding hydrogens is 178 g/mol. The van der Waals surface area contributed by atoms with Crippen molar-refractivity contribution in [2.24, 2.45) is 0 Å². The number of hydrogen-bond donors (Lipinski definition) is 1. The summed E-state index contributed by atoms with van der Waals surface area (Å²) in [4.78, 5) is 23.3. The first-order valence-electron chi connectivity index (χ1n) is 3.76. The summed E-state index contributed by atoms with van der Waals surface area (Å²) in [5.74, 6) is 0.383. The molecule has 5 heteroatoms. The standard InChI is InChI=1S/C7H11NO3S/c1-5(9)4-8-6(10)2-3-12-7(8)11/h5,9H,2-4H2,1H3. The van der Waals surface area contributed by atoms with E-state index in [4.69, 9.17) is 5.11 Å². The molecule has 2 amide bonds. The Morgan fingerprint density at radius 1 is 1.67 bits per heavy atom. The molecule has 0 aliphatic carbocycles. The quantitative estimate of drug-likeness (QED) is 0.685. The number of β-amino-alcohol motifs (C(OH)–C–C–N with tert-alkyl or cyclic N) is 1. The molecule has 1 saturated heterocycles. The van der Waals surface area contributed by atoms with E-state index in [0.29, 0.717) is 12.2 Å². The van der Waals surface area contributed by atoms with Crippen LogP contribution in [0.15, 0.2) is 0 Å². The van der Waals surface area contributed by atoms with Gasteiger partial charge in [-0.25, -0.2) is 0 Å². The van der Waals surface area contributed by atoms with Gasteiger partial charge in [-0.2, -0.15) is 0 Å². The van der Waals surface area contributed by atoms with Crippen LogP contribution in [0.1, 0.15) is 13.3 Å². The van der Waals surface area contributed by atoms with Crippen LogP contribution in [-0.4, -0.2) is 39.6 Å². The number of aliphatic hydroxyl groups is 1. The van der Waals surface area contributed by atoms with Crippen LogP contribution in [0.2, 0.25) is 0 Å².